The van der Waals surface area contributed by atoms with Crippen molar-refractivity contribution >= 4 is 17.5 Å². The van der Waals surface area contributed by atoms with Crippen LogP contribution in [-0.4, -0.2) is 40.7 Å². The van der Waals surface area contributed by atoms with E-state index in [1.54, 1.807) is 47.2 Å². The van der Waals surface area contributed by atoms with Crippen molar-refractivity contribution < 1.29 is 9.21 Å². The standard InChI is InChI=1S/C20H23ClN4O2/c1-20(2,12-22)13-24(3)19(26)16-11-17(18-5-4-10-27-18)25(23-16)15-8-6-14(21)7-9-15/h4-11H,12-13,22H2,1-3H3. The van der Waals surface area contributed by atoms with Gasteiger partial charge in [-0.3, -0.25) is 4.79 Å². The molecule has 27 heavy (non-hydrogen) atoms. The fraction of sp³-hybridized carbons (Fsp3) is 0.300. The number of hydrogen-bond donors (Lipinski definition) is 1. The highest BCUT2D eigenvalue weighted by Gasteiger charge is 2.25. The maximum atomic E-state index is 12.9. The fourth-order valence-electron chi connectivity index (χ4n) is 2.84. The third kappa shape index (κ3) is 4.23. The zero-order valence-electron chi connectivity index (χ0n) is 15.6. The quantitative estimate of drug-likeness (QED) is 0.698. The minimum absolute atomic E-state index is 0.169. The van der Waals surface area contributed by atoms with E-state index in [0.29, 0.717) is 35.3 Å². The van der Waals surface area contributed by atoms with Gasteiger partial charge in [-0.1, -0.05) is 25.4 Å². The average Bonchev–Trinajstić information content (AvgIpc) is 3.31. The molecule has 0 spiro atoms. The van der Waals surface area contributed by atoms with Crippen LogP contribution in [0, 0.1) is 5.41 Å². The minimum atomic E-state index is -0.174. The van der Waals surface area contributed by atoms with Crippen LogP contribution in [0.4, 0.5) is 0 Å². The number of hydrogen-bond acceptors (Lipinski definition) is 4. The molecule has 3 aromatic rings. The fourth-order valence-corrected chi connectivity index (χ4v) is 2.96. The van der Waals surface area contributed by atoms with E-state index in [1.165, 1.54) is 0 Å². The van der Waals surface area contributed by atoms with Gasteiger partial charge in [-0.15, -0.1) is 0 Å². The van der Waals surface area contributed by atoms with Crippen molar-refractivity contribution in [2.45, 2.75) is 13.8 Å². The summed E-state index contributed by atoms with van der Waals surface area (Å²) in [5.41, 5.74) is 7.44. The Hall–Kier alpha value is -2.57. The maximum Gasteiger partial charge on any atom is 0.274 e. The van der Waals surface area contributed by atoms with Crippen LogP contribution in [0.2, 0.25) is 5.02 Å². The van der Waals surface area contributed by atoms with Gasteiger partial charge in [0.25, 0.3) is 5.91 Å². The molecule has 0 unspecified atom stereocenters. The first-order valence-electron chi connectivity index (χ1n) is 8.66. The van der Waals surface area contributed by atoms with Gasteiger partial charge < -0.3 is 15.1 Å². The van der Waals surface area contributed by atoms with E-state index < -0.39 is 0 Å². The zero-order chi connectivity index (χ0) is 19.6. The van der Waals surface area contributed by atoms with E-state index in [4.69, 9.17) is 21.8 Å². The Balaban J connectivity index is 1.99. The number of carbonyl (C=O) groups excluding carboxylic acids is 1. The Morgan fingerprint density at radius 2 is 2.00 bits per heavy atom. The summed E-state index contributed by atoms with van der Waals surface area (Å²) in [6.45, 7) is 5.07. The Bertz CT molecular complexity index is 914. The number of aromatic nitrogens is 2. The second-order valence-corrected chi connectivity index (χ2v) is 7.75. The Morgan fingerprint density at radius 3 is 2.59 bits per heavy atom. The van der Waals surface area contributed by atoms with Crippen LogP contribution < -0.4 is 5.73 Å². The highest BCUT2D eigenvalue weighted by atomic mass is 35.5. The summed E-state index contributed by atoms with van der Waals surface area (Å²) in [7, 11) is 1.76. The lowest BCUT2D eigenvalue weighted by molar-refractivity contribution is 0.0734. The summed E-state index contributed by atoms with van der Waals surface area (Å²) in [5.74, 6) is 0.457. The van der Waals surface area contributed by atoms with Gasteiger partial charge in [0.05, 0.1) is 12.0 Å². The molecule has 0 radical (unpaired) electrons. The summed E-state index contributed by atoms with van der Waals surface area (Å²) in [6.07, 6.45) is 1.59. The van der Waals surface area contributed by atoms with Gasteiger partial charge in [0, 0.05) is 24.7 Å². The van der Waals surface area contributed by atoms with E-state index in [9.17, 15) is 4.79 Å². The minimum Gasteiger partial charge on any atom is -0.463 e. The van der Waals surface area contributed by atoms with Crippen molar-refractivity contribution in [1.29, 1.82) is 0 Å². The molecule has 1 amide bonds. The van der Waals surface area contributed by atoms with E-state index in [1.807, 2.05) is 32.0 Å². The first kappa shape index (κ1) is 19.2. The normalized spacial score (nSPS) is 11.6. The van der Waals surface area contributed by atoms with Gasteiger partial charge >= 0.3 is 0 Å². The molecule has 0 atom stereocenters. The molecule has 3 rings (SSSR count). The SMILES string of the molecule is CN(CC(C)(C)CN)C(=O)c1cc(-c2ccco2)n(-c2ccc(Cl)cc2)n1. The van der Waals surface area contributed by atoms with Gasteiger partial charge in [0.15, 0.2) is 11.5 Å². The molecule has 0 aliphatic rings. The molecule has 0 fully saturated rings. The predicted molar refractivity (Wildman–Crippen MR) is 106 cm³/mol. The lowest BCUT2D eigenvalue weighted by atomic mass is 9.93. The van der Waals surface area contributed by atoms with E-state index in [2.05, 4.69) is 5.10 Å². The third-order valence-corrected chi connectivity index (χ3v) is 4.59. The summed E-state index contributed by atoms with van der Waals surface area (Å²) in [4.78, 5) is 14.6. The molecule has 0 saturated heterocycles. The molecule has 0 aliphatic carbocycles. The van der Waals surface area contributed by atoms with Crippen LogP contribution >= 0.6 is 11.6 Å². The van der Waals surface area contributed by atoms with Gasteiger partial charge in [0.1, 0.15) is 5.69 Å². The first-order chi connectivity index (χ1) is 12.8. The molecule has 0 bridgehead atoms. The van der Waals surface area contributed by atoms with Crippen molar-refractivity contribution in [1.82, 2.24) is 14.7 Å². The maximum absolute atomic E-state index is 12.9. The topological polar surface area (TPSA) is 77.3 Å². The van der Waals surface area contributed by atoms with Crippen molar-refractivity contribution in [2.75, 3.05) is 20.1 Å². The Labute approximate surface area is 163 Å². The molecule has 2 aromatic heterocycles. The number of furan rings is 1. The summed E-state index contributed by atoms with van der Waals surface area (Å²) in [6, 6.07) is 12.6. The Morgan fingerprint density at radius 1 is 1.30 bits per heavy atom. The molecular weight excluding hydrogens is 364 g/mol. The molecule has 142 valence electrons. The number of halogens is 1. The van der Waals surface area contributed by atoms with Gasteiger partial charge in [0.2, 0.25) is 0 Å². The molecular formula is C20H23ClN4O2. The monoisotopic (exact) mass is 386 g/mol. The van der Waals surface area contributed by atoms with Crippen LogP contribution in [0.5, 0.6) is 0 Å². The van der Waals surface area contributed by atoms with Crippen LogP contribution in [0.1, 0.15) is 24.3 Å². The molecule has 0 saturated carbocycles. The second kappa shape index (κ2) is 7.58. The van der Waals surface area contributed by atoms with E-state index in [-0.39, 0.29) is 11.3 Å². The molecule has 2 N–H and O–H groups in total. The van der Waals surface area contributed by atoms with Crippen LogP contribution in [0.15, 0.2) is 53.1 Å². The highest BCUT2D eigenvalue weighted by Crippen LogP contribution is 2.26. The van der Waals surface area contributed by atoms with E-state index in [0.717, 1.165) is 5.69 Å². The highest BCUT2D eigenvalue weighted by molar-refractivity contribution is 6.30. The largest absolute Gasteiger partial charge is 0.463 e. The molecule has 1 aromatic carbocycles. The lowest BCUT2D eigenvalue weighted by Gasteiger charge is -2.28. The molecule has 6 nitrogen and oxygen atoms in total. The van der Waals surface area contributed by atoms with Crippen LogP contribution in [-0.2, 0) is 0 Å². The third-order valence-electron chi connectivity index (χ3n) is 4.34. The number of nitrogens with two attached hydrogens (primary N) is 1. The summed E-state index contributed by atoms with van der Waals surface area (Å²) < 4.78 is 7.21. The predicted octanol–water partition coefficient (Wildman–Crippen LogP) is 3.84. The van der Waals surface area contributed by atoms with Gasteiger partial charge in [-0.25, -0.2) is 4.68 Å². The first-order valence-corrected chi connectivity index (χ1v) is 9.04. The number of carbonyl (C=O) groups is 1. The van der Waals surface area contributed by atoms with Crippen molar-refractivity contribution in [3.63, 3.8) is 0 Å². The van der Waals surface area contributed by atoms with E-state index >= 15 is 0 Å². The number of benzene rings is 1. The average molecular weight is 387 g/mol. The van der Waals surface area contributed by atoms with Crippen molar-refractivity contribution in [3.05, 3.63) is 59.4 Å². The Kier molecular flexibility index (Phi) is 5.39. The second-order valence-electron chi connectivity index (χ2n) is 7.31. The number of rotatable bonds is 6. The number of amides is 1. The smallest absolute Gasteiger partial charge is 0.274 e. The number of nitrogens with zero attached hydrogens (tertiary/aromatic N) is 3. The van der Waals surface area contributed by atoms with Crippen LogP contribution in [0.25, 0.3) is 17.1 Å². The lowest BCUT2D eigenvalue weighted by Crippen LogP contribution is -2.39. The summed E-state index contributed by atoms with van der Waals surface area (Å²) in [5, 5.41) is 5.16. The van der Waals surface area contributed by atoms with Crippen molar-refractivity contribution in [2.24, 2.45) is 11.1 Å². The molecule has 0 aliphatic heterocycles. The molecule has 7 heteroatoms. The van der Waals surface area contributed by atoms with Crippen LogP contribution in [0.3, 0.4) is 0 Å². The van der Waals surface area contributed by atoms with Crippen molar-refractivity contribution in [3.8, 4) is 17.1 Å². The van der Waals surface area contributed by atoms with Gasteiger partial charge in [-0.05, 0) is 48.4 Å². The molecule has 2 heterocycles. The summed E-state index contributed by atoms with van der Waals surface area (Å²) >= 11 is 5.99. The zero-order valence-corrected chi connectivity index (χ0v) is 16.4. The van der Waals surface area contributed by atoms with Gasteiger partial charge in [-0.2, -0.15) is 5.10 Å².